The number of para-hydroxylation sites is 4. The lowest BCUT2D eigenvalue weighted by atomic mass is 9.66. The van der Waals surface area contributed by atoms with Gasteiger partial charge in [-0.1, -0.05) is 218 Å². The minimum Gasteiger partial charge on any atom is -0.457 e. The highest BCUT2D eigenvalue weighted by Gasteiger charge is 2.54. The van der Waals surface area contributed by atoms with Gasteiger partial charge >= 0.3 is 0 Å². The SMILES string of the molecule is c1ccc(-c2ccc(-c3ccc(N(c4cccc5c4Oc4ccccc4C54c5ccccc5-c5ccccc54)c4cccc5c4-c4ccccc4C54c5ccccc5Oc5ccccc54)cc3)cc2)cc1. The third-order valence-electron chi connectivity index (χ3n) is 15.6. The van der Waals surface area contributed by atoms with Crippen molar-refractivity contribution < 1.29 is 9.47 Å². The van der Waals surface area contributed by atoms with Crippen LogP contribution in [-0.4, -0.2) is 0 Å². The van der Waals surface area contributed by atoms with Gasteiger partial charge in [0.1, 0.15) is 17.2 Å². The Hall–Kier alpha value is -9.18. The summed E-state index contributed by atoms with van der Waals surface area (Å²) in [7, 11) is 0. The molecule has 0 atom stereocenters. The Bertz CT molecular complexity index is 3860. The summed E-state index contributed by atoms with van der Waals surface area (Å²) in [5.74, 6) is 3.43. The van der Waals surface area contributed by atoms with Crippen molar-refractivity contribution in [2.75, 3.05) is 4.90 Å². The molecular weight excluding hydrogens is 863 g/mol. The van der Waals surface area contributed by atoms with Crippen LogP contribution in [0.1, 0.15) is 44.5 Å². The van der Waals surface area contributed by atoms with Crippen LogP contribution >= 0.6 is 0 Å². The number of benzene rings is 11. The second-order valence-corrected chi connectivity index (χ2v) is 19.0. The van der Waals surface area contributed by atoms with Gasteiger partial charge in [-0.25, -0.2) is 0 Å². The Morgan fingerprint density at radius 2 is 0.634 bits per heavy atom. The van der Waals surface area contributed by atoms with Gasteiger partial charge in [0.25, 0.3) is 0 Å². The highest BCUT2D eigenvalue weighted by Crippen LogP contribution is 2.67. The second-order valence-electron chi connectivity index (χ2n) is 19.0. The van der Waals surface area contributed by atoms with Gasteiger partial charge in [-0.05, 0) is 104 Å². The Labute approximate surface area is 413 Å². The van der Waals surface area contributed by atoms with Crippen LogP contribution in [0.15, 0.2) is 261 Å². The molecule has 11 aromatic carbocycles. The van der Waals surface area contributed by atoms with Gasteiger partial charge in [-0.15, -0.1) is 0 Å². The molecule has 0 amide bonds. The maximum Gasteiger partial charge on any atom is 0.156 e. The summed E-state index contributed by atoms with van der Waals surface area (Å²) in [5, 5.41) is 0. The molecule has 4 aliphatic rings. The van der Waals surface area contributed by atoms with Crippen LogP contribution in [0.2, 0.25) is 0 Å². The summed E-state index contributed by atoms with van der Waals surface area (Å²) in [5.41, 5.74) is 20.8. The molecule has 0 aromatic heterocycles. The van der Waals surface area contributed by atoms with E-state index in [0.717, 1.165) is 73.4 Å². The van der Waals surface area contributed by atoms with E-state index in [1.807, 2.05) is 0 Å². The van der Waals surface area contributed by atoms with E-state index in [1.165, 1.54) is 55.6 Å². The molecule has 71 heavy (non-hydrogen) atoms. The normalized spacial score (nSPS) is 14.1. The zero-order valence-electron chi connectivity index (χ0n) is 38.6. The Morgan fingerprint density at radius 3 is 1.20 bits per heavy atom. The number of nitrogens with zero attached hydrogens (tertiary/aromatic N) is 1. The summed E-state index contributed by atoms with van der Waals surface area (Å²) in [6.07, 6.45) is 0. The average molecular weight is 906 g/mol. The molecule has 0 fully saturated rings. The Kier molecular flexibility index (Phi) is 8.49. The molecule has 11 aromatic rings. The van der Waals surface area contributed by atoms with Gasteiger partial charge < -0.3 is 14.4 Å². The molecule has 3 nitrogen and oxygen atoms in total. The van der Waals surface area contributed by atoms with Crippen LogP contribution in [0, 0.1) is 0 Å². The monoisotopic (exact) mass is 905 g/mol. The van der Waals surface area contributed by atoms with Gasteiger partial charge in [0.15, 0.2) is 5.75 Å². The second kappa shape index (κ2) is 15.2. The zero-order valence-corrected chi connectivity index (χ0v) is 38.6. The van der Waals surface area contributed by atoms with Crippen molar-refractivity contribution in [3.05, 3.63) is 305 Å². The first-order valence-corrected chi connectivity index (χ1v) is 24.5. The first-order chi connectivity index (χ1) is 35.2. The van der Waals surface area contributed by atoms with E-state index in [0.29, 0.717) is 0 Å². The molecule has 0 saturated heterocycles. The van der Waals surface area contributed by atoms with E-state index in [1.54, 1.807) is 0 Å². The maximum absolute atomic E-state index is 7.42. The molecule has 2 aliphatic heterocycles. The number of anilines is 3. The molecule has 3 heteroatoms. The molecule has 2 aliphatic carbocycles. The molecular formula is C68H43NO2. The number of ether oxygens (including phenoxy) is 2. The van der Waals surface area contributed by atoms with Crippen molar-refractivity contribution in [2.24, 2.45) is 0 Å². The van der Waals surface area contributed by atoms with Gasteiger partial charge in [0.2, 0.25) is 0 Å². The predicted molar refractivity (Wildman–Crippen MR) is 287 cm³/mol. The minimum absolute atomic E-state index is 0.625. The lowest BCUT2D eigenvalue weighted by Crippen LogP contribution is -2.33. The van der Waals surface area contributed by atoms with E-state index in [4.69, 9.17) is 9.47 Å². The fraction of sp³-hybridized carbons (Fsp3) is 0.0294. The number of fused-ring (bicyclic) bond motifs is 18. The molecule has 332 valence electrons. The van der Waals surface area contributed by atoms with E-state index >= 15 is 0 Å². The van der Waals surface area contributed by atoms with Crippen LogP contribution in [0.3, 0.4) is 0 Å². The lowest BCUT2D eigenvalue weighted by Gasteiger charge is -2.41. The summed E-state index contributed by atoms with van der Waals surface area (Å²) in [4.78, 5) is 2.46. The van der Waals surface area contributed by atoms with E-state index < -0.39 is 10.8 Å². The largest absolute Gasteiger partial charge is 0.457 e. The number of hydrogen-bond acceptors (Lipinski definition) is 3. The average Bonchev–Trinajstić information content (AvgIpc) is 3.91. The highest BCUT2D eigenvalue weighted by molar-refractivity contribution is 6.00. The molecule has 0 bridgehead atoms. The molecule has 0 unspecified atom stereocenters. The summed E-state index contributed by atoms with van der Waals surface area (Å²) in [6.45, 7) is 0. The number of hydrogen-bond donors (Lipinski definition) is 0. The quantitative estimate of drug-likeness (QED) is 0.172. The van der Waals surface area contributed by atoms with Crippen molar-refractivity contribution >= 4 is 17.1 Å². The van der Waals surface area contributed by atoms with Crippen LogP contribution < -0.4 is 14.4 Å². The van der Waals surface area contributed by atoms with E-state index in [9.17, 15) is 0 Å². The first-order valence-electron chi connectivity index (χ1n) is 24.5. The Morgan fingerprint density at radius 1 is 0.254 bits per heavy atom. The minimum atomic E-state index is -0.637. The third-order valence-corrected chi connectivity index (χ3v) is 15.6. The van der Waals surface area contributed by atoms with Crippen LogP contribution in [0.4, 0.5) is 17.1 Å². The summed E-state index contributed by atoms with van der Waals surface area (Å²) in [6, 6.07) is 94.9. The lowest BCUT2D eigenvalue weighted by molar-refractivity contribution is 0.436. The summed E-state index contributed by atoms with van der Waals surface area (Å²) < 4.78 is 14.2. The van der Waals surface area contributed by atoms with Crippen molar-refractivity contribution in [1.29, 1.82) is 0 Å². The van der Waals surface area contributed by atoms with Crippen molar-refractivity contribution in [1.82, 2.24) is 0 Å². The maximum atomic E-state index is 7.42. The van der Waals surface area contributed by atoms with Crippen LogP contribution in [-0.2, 0) is 10.8 Å². The first kappa shape index (κ1) is 39.8. The molecule has 0 saturated carbocycles. The molecule has 2 heterocycles. The molecule has 0 N–H and O–H groups in total. The van der Waals surface area contributed by atoms with Crippen molar-refractivity contribution in [2.45, 2.75) is 10.8 Å². The fourth-order valence-electron chi connectivity index (χ4n) is 12.8. The smallest absolute Gasteiger partial charge is 0.156 e. The van der Waals surface area contributed by atoms with Gasteiger partial charge in [-0.3, -0.25) is 0 Å². The van der Waals surface area contributed by atoms with E-state index in [-0.39, 0.29) is 0 Å². The van der Waals surface area contributed by atoms with Gasteiger partial charge in [-0.2, -0.15) is 0 Å². The molecule has 2 spiro atoms. The fourth-order valence-corrected chi connectivity index (χ4v) is 12.8. The summed E-state index contributed by atoms with van der Waals surface area (Å²) >= 11 is 0. The van der Waals surface area contributed by atoms with Gasteiger partial charge in [0, 0.05) is 33.5 Å². The van der Waals surface area contributed by atoms with Crippen molar-refractivity contribution in [3.8, 4) is 67.5 Å². The third kappa shape index (κ3) is 5.43. The van der Waals surface area contributed by atoms with Gasteiger partial charge in [0.05, 0.1) is 22.2 Å². The predicted octanol–water partition coefficient (Wildman–Crippen LogP) is 17.4. The zero-order chi connectivity index (χ0) is 46.7. The topological polar surface area (TPSA) is 21.7 Å². The Balaban J connectivity index is 0.997. The van der Waals surface area contributed by atoms with Crippen LogP contribution in [0.5, 0.6) is 23.0 Å². The standard InChI is InChI=1S/C68H43NO2/c1-2-18-44(19-3-1)45-36-38-46(39-37-45)47-40-42-48(43-41-47)69(60-31-16-29-58-65(60)51-22-6-9-25-54(51)68(58)55-26-10-13-33-62(55)70-63-34-14-11-27-56(63)68)61-32-17-30-59-66(61)71-64-35-15-12-28-57(64)67(59)52-23-7-4-20-49(52)50-21-5-8-24-53(50)67/h1-43H. The van der Waals surface area contributed by atoms with E-state index in [2.05, 4.69) is 266 Å². The van der Waals surface area contributed by atoms with Crippen LogP contribution in [0.25, 0.3) is 44.5 Å². The van der Waals surface area contributed by atoms with Crippen molar-refractivity contribution in [3.63, 3.8) is 0 Å². The molecule has 15 rings (SSSR count). The number of rotatable bonds is 5. The highest BCUT2D eigenvalue weighted by atomic mass is 16.5. The molecule has 0 radical (unpaired) electrons.